The second-order valence-corrected chi connectivity index (χ2v) is 4.83. The summed E-state index contributed by atoms with van der Waals surface area (Å²) in [4.78, 5) is 0. The van der Waals surface area contributed by atoms with Gasteiger partial charge in [0.15, 0.2) is 0 Å². The molecule has 4 nitrogen and oxygen atoms in total. The van der Waals surface area contributed by atoms with Gasteiger partial charge in [-0.2, -0.15) is 0 Å². The summed E-state index contributed by atoms with van der Waals surface area (Å²) in [6, 6.07) is 5.97. The van der Waals surface area contributed by atoms with Crippen LogP contribution in [0, 0.1) is 6.92 Å². The SMILES string of the molecule is COCCOCC(O)CNc1cccc(C)c1Br. The molecule has 0 fully saturated rings. The molecule has 0 aliphatic rings. The number of aliphatic hydroxyl groups excluding tert-OH is 1. The van der Waals surface area contributed by atoms with Crippen molar-refractivity contribution in [3.8, 4) is 0 Å². The fraction of sp³-hybridized carbons (Fsp3) is 0.538. The highest BCUT2D eigenvalue weighted by atomic mass is 79.9. The third-order valence-electron chi connectivity index (χ3n) is 2.46. The monoisotopic (exact) mass is 317 g/mol. The fourth-order valence-corrected chi connectivity index (χ4v) is 1.84. The summed E-state index contributed by atoms with van der Waals surface area (Å²) in [5, 5.41) is 12.9. The Morgan fingerprint density at radius 3 is 2.89 bits per heavy atom. The van der Waals surface area contributed by atoms with E-state index in [1.807, 2.05) is 25.1 Å². The number of rotatable bonds is 8. The maximum Gasteiger partial charge on any atom is 0.0945 e. The molecule has 2 N–H and O–H groups in total. The third-order valence-corrected chi connectivity index (χ3v) is 3.51. The number of nitrogens with one attached hydrogen (secondary N) is 1. The summed E-state index contributed by atoms with van der Waals surface area (Å²) >= 11 is 3.51. The lowest BCUT2D eigenvalue weighted by Crippen LogP contribution is -2.25. The van der Waals surface area contributed by atoms with Gasteiger partial charge >= 0.3 is 0 Å². The minimum absolute atomic E-state index is 0.305. The lowest BCUT2D eigenvalue weighted by molar-refractivity contribution is 0.0182. The maximum absolute atomic E-state index is 9.73. The first-order valence-corrected chi connectivity index (χ1v) is 6.68. The van der Waals surface area contributed by atoms with E-state index in [9.17, 15) is 5.11 Å². The van der Waals surface area contributed by atoms with E-state index in [0.717, 1.165) is 15.7 Å². The van der Waals surface area contributed by atoms with Crippen molar-refractivity contribution in [2.75, 3.05) is 38.8 Å². The van der Waals surface area contributed by atoms with E-state index in [1.165, 1.54) is 0 Å². The van der Waals surface area contributed by atoms with Crippen LogP contribution < -0.4 is 5.32 Å². The Hall–Kier alpha value is -0.620. The van der Waals surface area contributed by atoms with Crippen LogP contribution in [0.3, 0.4) is 0 Å². The molecule has 0 saturated heterocycles. The lowest BCUT2D eigenvalue weighted by atomic mass is 10.2. The molecule has 0 amide bonds. The van der Waals surface area contributed by atoms with E-state index in [-0.39, 0.29) is 0 Å². The van der Waals surface area contributed by atoms with Crippen LogP contribution in [0.15, 0.2) is 22.7 Å². The minimum Gasteiger partial charge on any atom is -0.389 e. The molecular weight excluding hydrogens is 298 g/mol. The summed E-state index contributed by atoms with van der Waals surface area (Å²) in [6.07, 6.45) is -0.533. The van der Waals surface area contributed by atoms with E-state index >= 15 is 0 Å². The van der Waals surface area contributed by atoms with Gasteiger partial charge in [-0.1, -0.05) is 12.1 Å². The van der Waals surface area contributed by atoms with E-state index in [2.05, 4.69) is 21.2 Å². The van der Waals surface area contributed by atoms with E-state index in [0.29, 0.717) is 26.4 Å². The summed E-state index contributed by atoms with van der Waals surface area (Å²) in [5.74, 6) is 0. The van der Waals surface area contributed by atoms with Gasteiger partial charge in [0.05, 0.1) is 25.9 Å². The first-order valence-electron chi connectivity index (χ1n) is 5.89. The standard InChI is InChI=1S/C13H20BrNO3/c1-10-4-3-5-12(13(10)14)15-8-11(16)9-18-7-6-17-2/h3-5,11,15-16H,6-9H2,1-2H3. The van der Waals surface area contributed by atoms with Crippen molar-refractivity contribution in [2.24, 2.45) is 0 Å². The number of aliphatic hydroxyl groups is 1. The van der Waals surface area contributed by atoms with Crippen LogP contribution in [-0.2, 0) is 9.47 Å². The van der Waals surface area contributed by atoms with Gasteiger partial charge < -0.3 is 19.9 Å². The molecule has 0 radical (unpaired) electrons. The Balaban J connectivity index is 2.29. The molecule has 1 aromatic carbocycles. The number of aryl methyl sites for hydroxylation is 1. The normalized spacial score (nSPS) is 12.4. The maximum atomic E-state index is 9.73. The van der Waals surface area contributed by atoms with E-state index in [4.69, 9.17) is 9.47 Å². The smallest absolute Gasteiger partial charge is 0.0945 e. The molecule has 0 bridgehead atoms. The average molecular weight is 318 g/mol. The first-order chi connectivity index (χ1) is 8.65. The van der Waals surface area contributed by atoms with Crippen LogP contribution in [0.25, 0.3) is 0 Å². The molecule has 102 valence electrons. The van der Waals surface area contributed by atoms with Crippen LogP contribution in [0.4, 0.5) is 5.69 Å². The van der Waals surface area contributed by atoms with Crippen molar-refractivity contribution in [2.45, 2.75) is 13.0 Å². The third kappa shape index (κ3) is 5.35. The second-order valence-electron chi connectivity index (χ2n) is 4.04. The van der Waals surface area contributed by atoms with Gasteiger partial charge in [-0.15, -0.1) is 0 Å². The highest BCUT2D eigenvalue weighted by molar-refractivity contribution is 9.10. The number of ether oxygens (including phenoxy) is 2. The number of methoxy groups -OCH3 is 1. The largest absolute Gasteiger partial charge is 0.389 e. The van der Waals surface area contributed by atoms with E-state index in [1.54, 1.807) is 7.11 Å². The van der Waals surface area contributed by atoms with Gasteiger partial charge in [0.1, 0.15) is 0 Å². The van der Waals surface area contributed by atoms with Crippen LogP contribution in [-0.4, -0.2) is 44.7 Å². The summed E-state index contributed by atoms with van der Waals surface area (Å²) in [6.45, 7) is 3.83. The predicted molar refractivity (Wildman–Crippen MR) is 76.1 cm³/mol. The molecule has 1 unspecified atom stereocenters. The fourth-order valence-electron chi connectivity index (χ4n) is 1.43. The molecule has 0 aromatic heterocycles. The number of hydrogen-bond acceptors (Lipinski definition) is 4. The molecule has 18 heavy (non-hydrogen) atoms. The van der Waals surface area contributed by atoms with Crippen molar-refractivity contribution in [3.63, 3.8) is 0 Å². The van der Waals surface area contributed by atoms with Crippen molar-refractivity contribution in [1.82, 2.24) is 0 Å². The zero-order chi connectivity index (χ0) is 13.4. The zero-order valence-electron chi connectivity index (χ0n) is 10.8. The van der Waals surface area contributed by atoms with Crippen molar-refractivity contribution in [1.29, 1.82) is 0 Å². The quantitative estimate of drug-likeness (QED) is 0.722. The Labute approximate surface area is 116 Å². The molecule has 0 heterocycles. The molecule has 1 atom stereocenters. The van der Waals surface area contributed by atoms with Gasteiger partial charge in [0.2, 0.25) is 0 Å². The van der Waals surface area contributed by atoms with Gasteiger partial charge in [0, 0.05) is 23.8 Å². The second kappa shape index (κ2) is 8.48. The van der Waals surface area contributed by atoms with Crippen molar-refractivity contribution >= 4 is 21.6 Å². The van der Waals surface area contributed by atoms with Gasteiger partial charge in [-0.05, 0) is 34.5 Å². The van der Waals surface area contributed by atoms with Crippen LogP contribution in [0.1, 0.15) is 5.56 Å². The molecule has 1 aromatic rings. The Morgan fingerprint density at radius 2 is 2.17 bits per heavy atom. The molecule has 0 aliphatic carbocycles. The van der Waals surface area contributed by atoms with Crippen molar-refractivity contribution < 1.29 is 14.6 Å². The number of anilines is 1. The first kappa shape index (κ1) is 15.4. The molecule has 0 aliphatic heterocycles. The van der Waals surface area contributed by atoms with Crippen molar-refractivity contribution in [3.05, 3.63) is 28.2 Å². The van der Waals surface area contributed by atoms with Gasteiger partial charge in [0.25, 0.3) is 0 Å². The molecular formula is C13H20BrNO3. The van der Waals surface area contributed by atoms with Gasteiger partial charge in [-0.25, -0.2) is 0 Å². The number of hydrogen-bond donors (Lipinski definition) is 2. The summed E-state index contributed by atoms with van der Waals surface area (Å²) in [7, 11) is 1.62. The zero-order valence-corrected chi connectivity index (χ0v) is 12.4. The Morgan fingerprint density at radius 1 is 1.39 bits per heavy atom. The number of halogens is 1. The summed E-state index contributed by atoms with van der Waals surface area (Å²) in [5.41, 5.74) is 2.14. The highest BCUT2D eigenvalue weighted by Gasteiger charge is 2.06. The lowest BCUT2D eigenvalue weighted by Gasteiger charge is -2.14. The van der Waals surface area contributed by atoms with Gasteiger partial charge in [-0.3, -0.25) is 0 Å². The van der Waals surface area contributed by atoms with Crippen LogP contribution in [0.2, 0.25) is 0 Å². The predicted octanol–water partition coefficient (Wildman–Crippen LogP) is 2.19. The van der Waals surface area contributed by atoms with E-state index < -0.39 is 6.10 Å². The highest BCUT2D eigenvalue weighted by Crippen LogP contribution is 2.25. The molecule has 0 spiro atoms. The van der Waals surface area contributed by atoms with Crippen LogP contribution in [0.5, 0.6) is 0 Å². The molecule has 5 heteroatoms. The Bertz CT molecular complexity index is 360. The minimum atomic E-state index is -0.533. The Kier molecular flexibility index (Phi) is 7.27. The average Bonchev–Trinajstić information content (AvgIpc) is 2.36. The number of benzene rings is 1. The summed E-state index contributed by atoms with van der Waals surface area (Å²) < 4.78 is 11.1. The molecule has 0 saturated carbocycles. The molecule has 1 rings (SSSR count). The van der Waals surface area contributed by atoms with Crippen LogP contribution >= 0.6 is 15.9 Å². The topological polar surface area (TPSA) is 50.7 Å².